The predicted molar refractivity (Wildman–Crippen MR) is 64.7 cm³/mol. The number of benzene rings is 1. The fourth-order valence-electron chi connectivity index (χ4n) is 1.70. The maximum Gasteiger partial charge on any atom is 0.325 e. The Labute approximate surface area is 104 Å². The molecule has 0 aromatic heterocycles. The van der Waals surface area contributed by atoms with Crippen molar-refractivity contribution in [2.45, 2.75) is 0 Å². The zero-order chi connectivity index (χ0) is 13.0. The minimum atomic E-state index is -0.482. The summed E-state index contributed by atoms with van der Waals surface area (Å²) >= 11 is 0. The van der Waals surface area contributed by atoms with E-state index in [1.807, 2.05) is 12.1 Å². The molecule has 0 aliphatic carbocycles. The molecule has 1 aliphatic rings. The molecule has 6 nitrogen and oxygen atoms in total. The van der Waals surface area contributed by atoms with Crippen LogP contribution in [0.3, 0.4) is 0 Å². The van der Waals surface area contributed by atoms with Crippen molar-refractivity contribution in [2.24, 2.45) is 0 Å². The lowest BCUT2D eigenvalue weighted by Gasteiger charge is -2.29. The third-order valence-corrected chi connectivity index (χ3v) is 2.59. The van der Waals surface area contributed by atoms with Gasteiger partial charge in [-0.05, 0) is 12.1 Å². The third kappa shape index (κ3) is 2.53. The van der Waals surface area contributed by atoms with E-state index in [0.29, 0.717) is 24.6 Å². The first-order chi connectivity index (χ1) is 8.72. The molecule has 1 aromatic rings. The van der Waals surface area contributed by atoms with E-state index in [1.165, 1.54) is 7.11 Å². The molecule has 0 saturated carbocycles. The lowest BCUT2D eigenvalue weighted by atomic mass is 10.2. The van der Waals surface area contributed by atoms with E-state index >= 15 is 0 Å². The molecule has 0 fully saturated rings. The number of urea groups is 1. The number of para-hydroxylation sites is 2. The van der Waals surface area contributed by atoms with Gasteiger partial charge >= 0.3 is 12.0 Å². The molecule has 1 aliphatic heterocycles. The van der Waals surface area contributed by atoms with Crippen molar-refractivity contribution < 1.29 is 19.1 Å². The van der Waals surface area contributed by atoms with Crippen LogP contribution in [0.15, 0.2) is 24.3 Å². The number of nitrogens with one attached hydrogen (secondary N) is 1. The van der Waals surface area contributed by atoms with Gasteiger partial charge in [-0.2, -0.15) is 0 Å². The van der Waals surface area contributed by atoms with Crippen molar-refractivity contribution in [1.29, 1.82) is 0 Å². The second kappa shape index (κ2) is 5.39. The summed E-state index contributed by atoms with van der Waals surface area (Å²) in [5, 5.41) is 2.50. The SMILES string of the molecule is COC(=O)CNC(=O)N1CCOc2ccccc21. The number of hydrogen-bond donors (Lipinski definition) is 1. The van der Waals surface area contributed by atoms with Gasteiger partial charge in [-0.25, -0.2) is 4.79 Å². The molecule has 2 amide bonds. The second-order valence-corrected chi connectivity index (χ2v) is 3.70. The summed E-state index contributed by atoms with van der Waals surface area (Å²) in [6.45, 7) is 0.738. The quantitative estimate of drug-likeness (QED) is 0.787. The molecular formula is C12H14N2O4. The van der Waals surface area contributed by atoms with Crippen molar-refractivity contribution in [3.63, 3.8) is 0 Å². The van der Waals surface area contributed by atoms with Crippen LogP contribution in [-0.2, 0) is 9.53 Å². The number of fused-ring (bicyclic) bond motifs is 1. The van der Waals surface area contributed by atoms with Gasteiger partial charge in [-0.15, -0.1) is 0 Å². The molecule has 0 bridgehead atoms. The number of esters is 1. The molecule has 1 N–H and O–H groups in total. The third-order valence-electron chi connectivity index (χ3n) is 2.59. The number of rotatable bonds is 2. The molecule has 1 heterocycles. The number of nitrogens with zero attached hydrogens (tertiary/aromatic N) is 1. The molecule has 0 unspecified atom stereocenters. The molecule has 1 aromatic carbocycles. The number of ether oxygens (including phenoxy) is 2. The maximum atomic E-state index is 11.9. The second-order valence-electron chi connectivity index (χ2n) is 3.70. The first kappa shape index (κ1) is 12.2. The minimum Gasteiger partial charge on any atom is -0.490 e. The van der Waals surface area contributed by atoms with Gasteiger partial charge in [0.2, 0.25) is 0 Å². The Morgan fingerprint density at radius 2 is 2.22 bits per heavy atom. The largest absolute Gasteiger partial charge is 0.490 e. The first-order valence-corrected chi connectivity index (χ1v) is 5.56. The van der Waals surface area contributed by atoms with Crippen LogP contribution < -0.4 is 15.0 Å². The van der Waals surface area contributed by atoms with Crippen molar-refractivity contribution in [2.75, 3.05) is 31.7 Å². The molecule has 2 rings (SSSR count). The van der Waals surface area contributed by atoms with Crippen LogP contribution >= 0.6 is 0 Å². The summed E-state index contributed by atoms with van der Waals surface area (Å²) in [5.74, 6) is 0.182. The van der Waals surface area contributed by atoms with E-state index in [4.69, 9.17) is 4.74 Å². The number of anilines is 1. The number of carbonyl (C=O) groups excluding carboxylic acids is 2. The van der Waals surface area contributed by atoms with E-state index in [-0.39, 0.29) is 12.6 Å². The Morgan fingerprint density at radius 3 is 3.00 bits per heavy atom. The van der Waals surface area contributed by atoms with E-state index in [1.54, 1.807) is 17.0 Å². The van der Waals surface area contributed by atoms with Gasteiger partial charge < -0.3 is 14.8 Å². The van der Waals surface area contributed by atoms with Crippen molar-refractivity contribution in [1.82, 2.24) is 5.32 Å². The average Bonchev–Trinajstić information content (AvgIpc) is 2.43. The van der Waals surface area contributed by atoms with Gasteiger partial charge in [-0.1, -0.05) is 12.1 Å². The lowest BCUT2D eigenvalue weighted by molar-refractivity contribution is -0.139. The first-order valence-electron chi connectivity index (χ1n) is 5.56. The highest BCUT2D eigenvalue weighted by atomic mass is 16.5. The van der Waals surface area contributed by atoms with Gasteiger partial charge in [0.1, 0.15) is 18.9 Å². The Morgan fingerprint density at radius 1 is 1.44 bits per heavy atom. The Kier molecular flexibility index (Phi) is 3.66. The van der Waals surface area contributed by atoms with Crippen LogP contribution in [0.1, 0.15) is 0 Å². The smallest absolute Gasteiger partial charge is 0.325 e. The van der Waals surface area contributed by atoms with Crippen LogP contribution in [0, 0.1) is 0 Å². The van der Waals surface area contributed by atoms with E-state index < -0.39 is 5.97 Å². The summed E-state index contributed by atoms with van der Waals surface area (Å²) in [7, 11) is 1.28. The van der Waals surface area contributed by atoms with Gasteiger partial charge in [0.15, 0.2) is 0 Å². The van der Waals surface area contributed by atoms with Gasteiger partial charge in [0, 0.05) is 0 Å². The summed E-state index contributed by atoms with van der Waals surface area (Å²) < 4.78 is 9.90. The summed E-state index contributed by atoms with van der Waals surface area (Å²) in [5.41, 5.74) is 0.700. The number of amides is 2. The Balaban J connectivity index is 2.06. The number of carbonyl (C=O) groups is 2. The van der Waals surface area contributed by atoms with Gasteiger partial charge in [-0.3, -0.25) is 9.69 Å². The van der Waals surface area contributed by atoms with Gasteiger partial charge in [0.25, 0.3) is 0 Å². The van der Waals surface area contributed by atoms with Crippen molar-refractivity contribution in [3.05, 3.63) is 24.3 Å². The minimum absolute atomic E-state index is 0.144. The summed E-state index contributed by atoms with van der Waals surface area (Å²) in [6, 6.07) is 6.93. The Bertz CT molecular complexity index is 461. The number of methoxy groups -OCH3 is 1. The normalized spacial score (nSPS) is 13.3. The summed E-state index contributed by atoms with van der Waals surface area (Å²) in [4.78, 5) is 24.4. The molecular weight excluding hydrogens is 236 g/mol. The fraction of sp³-hybridized carbons (Fsp3) is 0.333. The number of hydrogen-bond acceptors (Lipinski definition) is 4. The average molecular weight is 250 g/mol. The van der Waals surface area contributed by atoms with Crippen LogP contribution in [0.2, 0.25) is 0 Å². The molecule has 18 heavy (non-hydrogen) atoms. The monoisotopic (exact) mass is 250 g/mol. The molecule has 0 spiro atoms. The predicted octanol–water partition coefficient (Wildman–Crippen LogP) is 0.768. The van der Waals surface area contributed by atoms with Crippen LogP contribution in [-0.4, -0.2) is 38.8 Å². The molecule has 0 radical (unpaired) electrons. The molecule has 6 heteroatoms. The molecule has 96 valence electrons. The lowest BCUT2D eigenvalue weighted by Crippen LogP contribution is -2.45. The van der Waals surface area contributed by atoms with Crippen molar-refractivity contribution in [3.8, 4) is 5.75 Å². The molecule has 0 atom stereocenters. The maximum absolute atomic E-state index is 11.9. The van der Waals surface area contributed by atoms with Crippen LogP contribution in [0.25, 0.3) is 0 Å². The molecule has 0 saturated heterocycles. The van der Waals surface area contributed by atoms with Crippen LogP contribution in [0.4, 0.5) is 10.5 Å². The van der Waals surface area contributed by atoms with E-state index in [2.05, 4.69) is 10.1 Å². The Hall–Kier alpha value is -2.24. The van der Waals surface area contributed by atoms with E-state index in [9.17, 15) is 9.59 Å². The highest BCUT2D eigenvalue weighted by Crippen LogP contribution is 2.30. The highest BCUT2D eigenvalue weighted by Gasteiger charge is 2.23. The highest BCUT2D eigenvalue weighted by molar-refractivity contribution is 5.95. The summed E-state index contributed by atoms with van der Waals surface area (Å²) in [6.07, 6.45) is 0. The standard InChI is InChI=1S/C12H14N2O4/c1-17-11(15)8-13-12(16)14-6-7-18-10-5-3-2-4-9(10)14/h2-5H,6-8H2,1H3,(H,13,16). The zero-order valence-corrected chi connectivity index (χ0v) is 10.0. The van der Waals surface area contributed by atoms with Crippen LogP contribution in [0.5, 0.6) is 5.75 Å². The zero-order valence-electron chi connectivity index (χ0n) is 10.0. The van der Waals surface area contributed by atoms with Gasteiger partial charge in [0.05, 0.1) is 19.3 Å². The fourth-order valence-corrected chi connectivity index (χ4v) is 1.70. The van der Waals surface area contributed by atoms with E-state index in [0.717, 1.165) is 0 Å². The topological polar surface area (TPSA) is 67.9 Å². The van der Waals surface area contributed by atoms with Crippen molar-refractivity contribution >= 4 is 17.7 Å².